The molecule has 0 aliphatic carbocycles. The lowest BCUT2D eigenvalue weighted by molar-refractivity contribution is -0.124. The highest BCUT2D eigenvalue weighted by Gasteiger charge is 2.32. The Morgan fingerprint density at radius 2 is 2.22 bits per heavy atom. The molecule has 1 saturated heterocycles. The highest BCUT2D eigenvalue weighted by atomic mass is 16.3. The summed E-state index contributed by atoms with van der Waals surface area (Å²) < 4.78 is 0. The summed E-state index contributed by atoms with van der Waals surface area (Å²) in [5.41, 5.74) is -0.848. The first-order chi connectivity index (χ1) is 8.26. The molecule has 1 amide bonds. The Labute approximate surface area is 110 Å². The van der Waals surface area contributed by atoms with E-state index in [1.54, 1.807) is 0 Å². The van der Waals surface area contributed by atoms with Gasteiger partial charge >= 0.3 is 0 Å². The van der Waals surface area contributed by atoms with Crippen molar-refractivity contribution in [3.05, 3.63) is 0 Å². The molecule has 0 saturated carbocycles. The van der Waals surface area contributed by atoms with Gasteiger partial charge in [0.1, 0.15) is 0 Å². The molecule has 3 N–H and O–H groups in total. The van der Waals surface area contributed by atoms with Crippen LogP contribution in [0.1, 0.15) is 33.6 Å². The van der Waals surface area contributed by atoms with E-state index >= 15 is 0 Å². The van der Waals surface area contributed by atoms with Gasteiger partial charge in [-0.05, 0) is 40.3 Å². The van der Waals surface area contributed by atoms with E-state index < -0.39 is 5.60 Å². The third-order valence-corrected chi connectivity index (χ3v) is 3.56. The van der Waals surface area contributed by atoms with Crippen LogP contribution in [0.15, 0.2) is 0 Å². The quantitative estimate of drug-likeness (QED) is 0.624. The summed E-state index contributed by atoms with van der Waals surface area (Å²) in [6, 6.07) is 0. The number of likely N-dealkylation sites (N-methyl/N-ethyl adjacent to an activating group) is 1. The smallest absolute Gasteiger partial charge is 0.234 e. The average molecular weight is 257 g/mol. The molecule has 0 aromatic rings. The van der Waals surface area contributed by atoms with Crippen molar-refractivity contribution >= 4 is 5.91 Å². The summed E-state index contributed by atoms with van der Waals surface area (Å²) in [6.07, 6.45) is 1.65. The van der Waals surface area contributed by atoms with E-state index in [-0.39, 0.29) is 11.4 Å². The number of amides is 1. The number of carbonyl (C=O) groups excluding carboxylic acids is 1. The van der Waals surface area contributed by atoms with Crippen molar-refractivity contribution < 1.29 is 9.90 Å². The van der Waals surface area contributed by atoms with Crippen LogP contribution in [-0.2, 0) is 4.79 Å². The van der Waals surface area contributed by atoms with Gasteiger partial charge in [-0.3, -0.25) is 9.69 Å². The van der Waals surface area contributed by atoms with Crippen LogP contribution in [-0.4, -0.2) is 60.3 Å². The highest BCUT2D eigenvalue weighted by Crippen LogP contribution is 2.15. The van der Waals surface area contributed by atoms with Crippen LogP contribution in [0.25, 0.3) is 0 Å². The minimum atomic E-state index is -0.685. The van der Waals surface area contributed by atoms with Gasteiger partial charge in [-0.2, -0.15) is 0 Å². The molecule has 1 unspecified atom stereocenters. The van der Waals surface area contributed by atoms with Gasteiger partial charge in [-0.25, -0.2) is 0 Å². The van der Waals surface area contributed by atoms with Crippen molar-refractivity contribution in [3.8, 4) is 0 Å². The average Bonchev–Trinajstić information content (AvgIpc) is 2.63. The van der Waals surface area contributed by atoms with Crippen LogP contribution >= 0.6 is 0 Å². The lowest BCUT2D eigenvalue weighted by Crippen LogP contribution is -2.50. The molecule has 0 bridgehead atoms. The van der Waals surface area contributed by atoms with Crippen LogP contribution in [0.4, 0.5) is 0 Å². The van der Waals surface area contributed by atoms with Gasteiger partial charge in [0.15, 0.2) is 0 Å². The SMILES string of the molecule is CCC(C)(C)NC(=O)CN(C)CC1(O)CCNC1. The molecular formula is C13H27N3O2. The van der Waals surface area contributed by atoms with Crippen LogP contribution < -0.4 is 10.6 Å². The number of β-amino-alcohol motifs (C(OH)–C–C–N with tert-alkyl or cyclic N) is 1. The van der Waals surface area contributed by atoms with Crippen LogP contribution in [0.5, 0.6) is 0 Å². The highest BCUT2D eigenvalue weighted by molar-refractivity contribution is 5.78. The third kappa shape index (κ3) is 4.92. The molecule has 1 heterocycles. The molecule has 0 aromatic carbocycles. The Morgan fingerprint density at radius 3 is 2.72 bits per heavy atom. The number of nitrogens with zero attached hydrogens (tertiary/aromatic N) is 1. The molecule has 106 valence electrons. The minimum Gasteiger partial charge on any atom is -0.387 e. The Bertz CT molecular complexity index is 286. The summed E-state index contributed by atoms with van der Waals surface area (Å²) in [7, 11) is 1.87. The number of hydrogen-bond acceptors (Lipinski definition) is 4. The van der Waals surface area contributed by atoms with E-state index in [2.05, 4.69) is 17.6 Å². The monoisotopic (exact) mass is 257 g/mol. The molecule has 1 atom stereocenters. The van der Waals surface area contributed by atoms with Gasteiger partial charge in [0.05, 0.1) is 12.1 Å². The third-order valence-electron chi connectivity index (χ3n) is 3.56. The molecule has 1 aliphatic rings. The Morgan fingerprint density at radius 1 is 1.56 bits per heavy atom. The van der Waals surface area contributed by atoms with Crippen molar-refractivity contribution in [3.63, 3.8) is 0 Å². The molecule has 0 spiro atoms. The number of aliphatic hydroxyl groups is 1. The Balaban J connectivity index is 2.35. The van der Waals surface area contributed by atoms with E-state index in [1.165, 1.54) is 0 Å². The number of rotatable bonds is 6. The second-order valence-electron chi connectivity index (χ2n) is 6.11. The van der Waals surface area contributed by atoms with E-state index in [0.29, 0.717) is 19.6 Å². The molecule has 1 rings (SSSR count). The molecule has 5 heteroatoms. The van der Waals surface area contributed by atoms with Gasteiger partial charge in [-0.1, -0.05) is 6.92 Å². The molecular weight excluding hydrogens is 230 g/mol. The van der Waals surface area contributed by atoms with Crippen molar-refractivity contribution in [2.45, 2.75) is 44.8 Å². The molecule has 0 aromatic heterocycles. The molecule has 1 fully saturated rings. The van der Waals surface area contributed by atoms with Crippen molar-refractivity contribution in [2.75, 3.05) is 33.2 Å². The first-order valence-electron chi connectivity index (χ1n) is 6.69. The zero-order chi connectivity index (χ0) is 13.8. The first-order valence-corrected chi connectivity index (χ1v) is 6.69. The fourth-order valence-electron chi connectivity index (χ4n) is 2.17. The maximum absolute atomic E-state index is 11.9. The minimum absolute atomic E-state index is 0.0129. The van der Waals surface area contributed by atoms with Gasteiger partial charge < -0.3 is 15.7 Å². The van der Waals surface area contributed by atoms with E-state index in [9.17, 15) is 9.90 Å². The fraction of sp³-hybridized carbons (Fsp3) is 0.923. The second-order valence-corrected chi connectivity index (χ2v) is 6.11. The van der Waals surface area contributed by atoms with Crippen molar-refractivity contribution in [1.29, 1.82) is 0 Å². The standard InChI is InChI=1S/C13H27N3O2/c1-5-12(2,3)15-11(17)8-16(4)10-13(18)6-7-14-9-13/h14,18H,5-10H2,1-4H3,(H,15,17). The van der Waals surface area contributed by atoms with Crippen LogP contribution in [0, 0.1) is 0 Å². The van der Waals surface area contributed by atoms with Crippen molar-refractivity contribution in [2.24, 2.45) is 0 Å². The normalized spacial score (nSPS) is 24.6. The number of hydrogen-bond donors (Lipinski definition) is 3. The van der Waals surface area contributed by atoms with Gasteiger partial charge in [0.2, 0.25) is 5.91 Å². The fourth-order valence-corrected chi connectivity index (χ4v) is 2.17. The van der Waals surface area contributed by atoms with E-state index in [4.69, 9.17) is 0 Å². The second kappa shape index (κ2) is 5.99. The summed E-state index contributed by atoms with van der Waals surface area (Å²) in [4.78, 5) is 13.7. The summed E-state index contributed by atoms with van der Waals surface area (Å²) >= 11 is 0. The first kappa shape index (κ1) is 15.4. The van der Waals surface area contributed by atoms with Crippen LogP contribution in [0.3, 0.4) is 0 Å². The topological polar surface area (TPSA) is 64.6 Å². The number of carbonyl (C=O) groups is 1. The summed E-state index contributed by atoms with van der Waals surface area (Å²) in [5.74, 6) is 0.0129. The largest absolute Gasteiger partial charge is 0.387 e. The Hall–Kier alpha value is -0.650. The summed E-state index contributed by atoms with van der Waals surface area (Å²) in [6.45, 7) is 8.39. The molecule has 0 radical (unpaired) electrons. The van der Waals surface area contributed by atoms with E-state index in [0.717, 1.165) is 19.4 Å². The zero-order valence-corrected chi connectivity index (χ0v) is 12.0. The lowest BCUT2D eigenvalue weighted by atomic mass is 10.0. The number of nitrogens with one attached hydrogen (secondary N) is 2. The molecule has 5 nitrogen and oxygen atoms in total. The molecule has 18 heavy (non-hydrogen) atoms. The zero-order valence-electron chi connectivity index (χ0n) is 12.0. The Kier molecular flexibility index (Phi) is 5.13. The summed E-state index contributed by atoms with van der Waals surface area (Å²) in [5, 5.41) is 16.4. The lowest BCUT2D eigenvalue weighted by Gasteiger charge is -2.29. The van der Waals surface area contributed by atoms with Crippen molar-refractivity contribution in [1.82, 2.24) is 15.5 Å². The van der Waals surface area contributed by atoms with Crippen LogP contribution in [0.2, 0.25) is 0 Å². The van der Waals surface area contributed by atoms with Gasteiger partial charge in [0, 0.05) is 18.6 Å². The maximum atomic E-state index is 11.9. The predicted molar refractivity (Wildman–Crippen MR) is 72.4 cm³/mol. The van der Waals surface area contributed by atoms with E-state index in [1.807, 2.05) is 25.8 Å². The van der Waals surface area contributed by atoms with Gasteiger partial charge in [0.25, 0.3) is 0 Å². The predicted octanol–water partition coefficient (Wildman–Crippen LogP) is -0.0526. The maximum Gasteiger partial charge on any atom is 0.234 e. The molecule has 1 aliphatic heterocycles. The van der Waals surface area contributed by atoms with Gasteiger partial charge in [-0.15, -0.1) is 0 Å².